The Morgan fingerprint density at radius 3 is 2.45 bits per heavy atom. The van der Waals surface area contributed by atoms with Gasteiger partial charge in [0.1, 0.15) is 24.4 Å². The number of aryl methyl sites for hydroxylation is 1. The molecule has 0 amide bonds. The molecule has 2 aromatic carbocycles. The minimum Gasteiger partial charge on any atom is -0.388 e. The molecule has 0 aliphatic carbocycles. The maximum absolute atomic E-state index is 10.6. The summed E-state index contributed by atoms with van der Waals surface area (Å²) in [6, 6.07) is 18.3. The van der Waals surface area contributed by atoms with Crippen LogP contribution in [0, 0.1) is 6.92 Å². The van der Waals surface area contributed by atoms with Crippen molar-refractivity contribution < 1.29 is 14.9 Å². The number of nitrogens with one attached hydrogen (secondary N) is 1. The van der Waals surface area contributed by atoms with Crippen LogP contribution in [-0.2, 0) is 11.3 Å². The molecule has 3 aromatic rings. The zero-order valence-electron chi connectivity index (χ0n) is 17.5. The second kappa shape index (κ2) is 7.85. The molecule has 0 saturated carbocycles. The molecule has 1 fully saturated rings. The van der Waals surface area contributed by atoms with Crippen molar-refractivity contribution in [3.05, 3.63) is 71.9 Å². The Balaban J connectivity index is 1.52. The lowest BCUT2D eigenvalue weighted by Crippen LogP contribution is -2.31. The van der Waals surface area contributed by atoms with E-state index in [0.29, 0.717) is 6.54 Å². The van der Waals surface area contributed by atoms with E-state index < -0.39 is 24.5 Å². The van der Waals surface area contributed by atoms with Crippen LogP contribution in [0.2, 0.25) is 0 Å². The first kappa shape index (κ1) is 19.8. The van der Waals surface area contributed by atoms with Crippen molar-refractivity contribution in [3.63, 3.8) is 0 Å². The highest BCUT2D eigenvalue weighted by molar-refractivity contribution is 5.77. The average Bonchev–Trinajstić information content (AvgIpc) is 3.28. The van der Waals surface area contributed by atoms with Crippen LogP contribution < -0.4 is 5.43 Å². The molecule has 0 bridgehead atoms. The third-order valence-electron chi connectivity index (χ3n) is 5.92. The molecule has 2 aliphatic heterocycles. The summed E-state index contributed by atoms with van der Waals surface area (Å²) in [7, 11) is 0. The summed E-state index contributed by atoms with van der Waals surface area (Å²) in [5.74, 6) is 0.728. The smallest absolute Gasteiger partial charge is 0.164 e. The zero-order chi connectivity index (χ0) is 21.5. The lowest BCUT2D eigenvalue weighted by atomic mass is 10.0. The number of fused-ring (bicyclic) bond motifs is 1. The van der Waals surface area contributed by atoms with Crippen LogP contribution in [0.3, 0.4) is 0 Å². The van der Waals surface area contributed by atoms with Crippen molar-refractivity contribution in [2.45, 2.75) is 44.9 Å². The number of hydrogen-bond acceptors (Lipinski definition) is 6. The Labute approximate surface area is 181 Å². The van der Waals surface area contributed by atoms with Crippen molar-refractivity contribution >= 4 is 17.8 Å². The molecule has 0 spiro atoms. The molecule has 7 heteroatoms. The van der Waals surface area contributed by atoms with Gasteiger partial charge in [0.05, 0.1) is 18.3 Å². The van der Waals surface area contributed by atoms with E-state index in [-0.39, 0.29) is 0 Å². The predicted octanol–water partition coefficient (Wildman–Crippen LogP) is 3.61. The third kappa shape index (κ3) is 3.61. The first-order valence-corrected chi connectivity index (χ1v) is 10.5. The van der Waals surface area contributed by atoms with Crippen molar-refractivity contribution in [2.75, 3.05) is 5.43 Å². The number of aliphatic imine (C=N–C) groups is 1. The molecular weight excluding hydrogens is 392 g/mol. The minimum atomic E-state index is -1.02. The number of rotatable bonds is 4. The van der Waals surface area contributed by atoms with Gasteiger partial charge in [-0.15, -0.1) is 0 Å². The maximum Gasteiger partial charge on any atom is 0.164 e. The molecule has 7 nitrogen and oxygen atoms in total. The van der Waals surface area contributed by atoms with Crippen molar-refractivity contribution in [3.8, 4) is 11.1 Å². The SMILES string of the molecule is Cc1ccc(NN2C=Nc3c(c(-c4ccccc4)cn3[C@@H]3O[C@H](C)[C@@H](O)[C@H]3O)C2)cc1. The molecule has 1 saturated heterocycles. The van der Waals surface area contributed by atoms with Gasteiger partial charge in [0.15, 0.2) is 6.23 Å². The Morgan fingerprint density at radius 1 is 1.03 bits per heavy atom. The fraction of sp³-hybridized carbons (Fsp3) is 0.292. The van der Waals surface area contributed by atoms with E-state index in [1.54, 1.807) is 13.3 Å². The van der Waals surface area contributed by atoms with Gasteiger partial charge in [-0.1, -0.05) is 48.0 Å². The van der Waals surface area contributed by atoms with E-state index in [2.05, 4.69) is 36.6 Å². The van der Waals surface area contributed by atoms with Gasteiger partial charge in [-0.25, -0.2) is 4.99 Å². The van der Waals surface area contributed by atoms with Gasteiger partial charge in [0.2, 0.25) is 0 Å². The number of hydrogen-bond donors (Lipinski definition) is 3. The summed E-state index contributed by atoms with van der Waals surface area (Å²) < 4.78 is 7.72. The number of hydrazine groups is 1. The topological polar surface area (TPSA) is 82.3 Å². The van der Waals surface area contributed by atoms with Crippen LogP contribution in [0.25, 0.3) is 11.1 Å². The molecule has 5 rings (SSSR count). The molecule has 3 heterocycles. The summed E-state index contributed by atoms with van der Waals surface area (Å²) in [5.41, 5.74) is 8.68. The fourth-order valence-electron chi connectivity index (χ4n) is 4.17. The molecule has 2 aliphatic rings. The van der Waals surface area contributed by atoms with Crippen LogP contribution in [-0.4, -0.2) is 44.4 Å². The van der Waals surface area contributed by atoms with Crippen molar-refractivity contribution in [1.82, 2.24) is 9.58 Å². The summed E-state index contributed by atoms with van der Waals surface area (Å²) in [6.45, 7) is 4.41. The first-order valence-electron chi connectivity index (χ1n) is 10.5. The average molecular weight is 418 g/mol. The summed E-state index contributed by atoms with van der Waals surface area (Å²) in [4.78, 5) is 4.69. The van der Waals surface area contributed by atoms with Crippen LogP contribution >= 0.6 is 0 Å². The predicted molar refractivity (Wildman–Crippen MR) is 120 cm³/mol. The number of nitrogens with zero attached hydrogens (tertiary/aromatic N) is 3. The van der Waals surface area contributed by atoms with E-state index in [9.17, 15) is 10.2 Å². The van der Waals surface area contributed by atoms with Gasteiger partial charge < -0.3 is 19.5 Å². The van der Waals surface area contributed by atoms with Gasteiger partial charge >= 0.3 is 0 Å². The van der Waals surface area contributed by atoms with Gasteiger partial charge in [-0.2, -0.15) is 0 Å². The molecule has 4 atom stereocenters. The van der Waals surface area contributed by atoms with Crippen molar-refractivity contribution in [2.24, 2.45) is 4.99 Å². The number of aromatic nitrogens is 1. The lowest BCUT2D eigenvalue weighted by molar-refractivity contribution is -0.0308. The molecular formula is C24H26N4O3. The normalized spacial score (nSPS) is 25.0. The number of aliphatic hydroxyl groups is 2. The number of ether oxygens (including phenoxy) is 1. The Bertz CT molecular complexity index is 1090. The maximum atomic E-state index is 10.6. The highest BCUT2D eigenvalue weighted by Gasteiger charge is 2.42. The Kier molecular flexibility index (Phi) is 5.02. The van der Waals surface area contributed by atoms with Gasteiger partial charge in [0, 0.05) is 17.3 Å². The second-order valence-electron chi connectivity index (χ2n) is 8.18. The Hall–Kier alpha value is -3.13. The zero-order valence-corrected chi connectivity index (χ0v) is 17.5. The van der Waals surface area contributed by atoms with E-state index in [1.807, 2.05) is 46.1 Å². The van der Waals surface area contributed by atoms with Crippen LogP contribution in [0.4, 0.5) is 11.5 Å². The largest absolute Gasteiger partial charge is 0.388 e. The lowest BCUT2D eigenvalue weighted by Gasteiger charge is -2.26. The molecule has 0 radical (unpaired) electrons. The molecule has 3 N–H and O–H groups in total. The van der Waals surface area contributed by atoms with Gasteiger partial charge in [0.25, 0.3) is 0 Å². The van der Waals surface area contributed by atoms with E-state index in [4.69, 9.17) is 9.73 Å². The summed E-state index contributed by atoms with van der Waals surface area (Å²) in [5, 5.41) is 22.7. The minimum absolute atomic E-state index is 0.453. The highest BCUT2D eigenvalue weighted by atomic mass is 16.6. The summed E-state index contributed by atoms with van der Waals surface area (Å²) in [6.07, 6.45) is 0.611. The van der Waals surface area contributed by atoms with Gasteiger partial charge in [-0.05, 0) is 31.5 Å². The van der Waals surface area contributed by atoms with E-state index >= 15 is 0 Å². The van der Waals surface area contributed by atoms with Crippen LogP contribution in [0.1, 0.15) is 24.3 Å². The molecule has 0 unspecified atom stereocenters. The number of aliphatic hydroxyl groups excluding tert-OH is 2. The quantitative estimate of drug-likeness (QED) is 0.603. The molecule has 1 aromatic heterocycles. The van der Waals surface area contributed by atoms with Gasteiger partial charge in [-0.3, -0.25) is 10.4 Å². The van der Waals surface area contributed by atoms with Crippen LogP contribution in [0.15, 0.2) is 65.8 Å². The van der Waals surface area contributed by atoms with E-state index in [1.165, 1.54) is 5.56 Å². The first-order chi connectivity index (χ1) is 15.0. The van der Waals surface area contributed by atoms with Crippen molar-refractivity contribution in [1.29, 1.82) is 0 Å². The standard InChI is InChI=1S/C24H26N4O3/c1-15-8-10-18(11-9-15)26-27-12-20-19(17-6-4-3-5-7-17)13-28(23(20)25-14-27)24-22(30)21(29)16(2)31-24/h3-11,13-14,16,21-22,24,26,29-30H,12H2,1-2H3/t16-,21-,22-,24-/m1/s1. The fourth-order valence-corrected chi connectivity index (χ4v) is 4.17. The number of benzene rings is 2. The molecule has 31 heavy (non-hydrogen) atoms. The number of anilines is 1. The van der Waals surface area contributed by atoms with Crippen LogP contribution in [0.5, 0.6) is 0 Å². The monoisotopic (exact) mass is 418 g/mol. The summed E-state index contributed by atoms with van der Waals surface area (Å²) >= 11 is 0. The van der Waals surface area contributed by atoms with E-state index in [0.717, 1.165) is 28.2 Å². The Morgan fingerprint density at radius 2 is 1.77 bits per heavy atom. The third-order valence-corrected chi connectivity index (χ3v) is 5.92. The highest BCUT2D eigenvalue weighted by Crippen LogP contribution is 2.41. The molecule has 160 valence electrons. The second-order valence-corrected chi connectivity index (χ2v) is 8.18.